The van der Waals surface area contributed by atoms with Gasteiger partial charge in [-0.2, -0.15) is 0 Å². The predicted molar refractivity (Wildman–Crippen MR) is 103 cm³/mol. The summed E-state index contributed by atoms with van der Waals surface area (Å²) < 4.78 is 0. The Hall–Kier alpha value is -1.88. The fourth-order valence-corrected chi connectivity index (χ4v) is 4.46. The summed E-state index contributed by atoms with van der Waals surface area (Å²) in [5.41, 5.74) is 7.76. The average Bonchev–Trinajstić information content (AvgIpc) is 3.16. The summed E-state index contributed by atoms with van der Waals surface area (Å²) >= 11 is 0. The van der Waals surface area contributed by atoms with E-state index in [1.54, 1.807) is 6.07 Å². The van der Waals surface area contributed by atoms with Crippen molar-refractivity contribution in [2.24, 2.45) is 23.5 Å². The molecule has 2 aliphatic rings. The molecule has 0 radical (unpaired) electrons. The van der Waals surface area contributed by atoms with Gasteiger partial charge in [0.1, 0.15) is 6.04 Å². The summed E-state index contributed by atoms with van der Waals surface area (Å²) in [6.07, 6.45) is 2.82. The first-order valence-electron chi connectivity index (χ1n) is 9.77. The number of nitrogens with zero attached hydrogens (tertiary/aromatic N) is 1. The largest absolute Gasteiger partial charge is 0.340 e. The number of nitrogens with one attached hydrogen (secondary N) is 1. The van der Waals surface area contributed by atoms with Crippen LogP contribution in [0.15, 0.2) is 24.3 Å². The van der Waals surface area contributed by atoms with Gasteiger partial charge in [0.2, 0.25) is 5.91 Å². The van der Waals surface area contributed by atoms with E-state index in [1.807, 2.05) is 30.0 Å². The van der Waals surface area contributed by atoms with E-state index in [-0.39, 0.29) is 17.9 Å². The highest BCUT2D eigenvalue weighted by Crippen LogP contribution is 2.37. The summed E-state index contributed by atoms with van der Waals surface area (Å²) in [6.45, 7) is 7.59. The molecular formula is C21H31N3O2. The SMILES string of the molecule is Cc1ccccc1C(=O)NC(CC(C)C)C(=O)N1CC2CCC(N)C2C1. The molecular weight excluding hydrogens is 326 g/mol. The quantitative estimate of drug-likeness (QED) is 0.849. The van der Waals surface area contributed by atoms with E-state index in [1.165, 1.54) is 0 Å². The molecule has 4 unspecified atom stereocenters. The van der Waals surface area contributed by atoms with Crippen LogP contribution in [0.3, 0.4) is 0 Å². The first kappa shape index (κ1) is 18.9. The molecule has 3 rings (SSSR count). The number of likely N-dealkylation sites (tertiary alicyclic amines) is 1. The normalized spacial score (nSPS) is 26.0. The van der Waals surface area contributed by atoms with Crippen LogP contribution in [-0.2, 0) is 4.79 Å². The van der Waals surface area contributed by atoms with Crippen LogP contribution in [0.2, 0.25) is 0 Å². The number of carbonyl (C=O) groups is 2. The van der Waals surface area contributed by atoms with Crippen molar-refractivity contribution in [1.29, 1.82) is 0 Å². The van der Waals surface area contributed by atoms with Crippen LogP contribution in [0.4, 0.5) is 0 Å². The lowest BCUT2D eigenvalue weighted by atomic mass is 9.98. The number of fused-ring (bicyclic) bond motifs is 1. The molecule has 26 heavy (non-hydrogen) atoms. The summed E-state index contributed by atoms with van der Waals surface area (Å²) in [7, 11) is 0. The predicted octanol–water partition coefficient (Wildman–Crippen LogP) is 2.34. The van der Waals surface area contributed by atoms with E-state index >= 15 is 0 Å². The molecule has 1 aliphatic carbocycles. The maximum Gasteiger partial charge on any atom is 0.252 e. The molecule has 1 heterocycles. The van der Waals surface area contributed by atoms with E-state index in [2.05, 4.69) is 19.2 Å². The maximum absolute atomic E-state index is 13.1. The van der Waals surface area contributed by atoms with Gasteiger partial charge in [0.25, 0.3) is 5.91 Å². The summed E-state index contributed by atoms with van der Waals surface area (Å²) in [4.78, 5) is 27.8. The van der Waals surface area contributed by atoms with Gasteiger partial charge in [-0.05, 0) is 55.6 Å². The van der Waals surface area contributed by atoms with Crippen molar-refractivity contribution in [3.8, 4) is 0 Å². The van der Waals surface area contributed by atoms with Crippen LogP contribution >= 0.6 is 0 Å². The van der Waals surface area contributed by atoms with Crippen LogP contribution in [0.1, 0.15) is 49.0 Å². The van der Waals surface area contributed by atoms with Gasteiger partial charge in [-0.25, -0.2) is 0 Å². The third-order valence-electron chi connectivity index (χ3n) is 5.92. The molecule has 5 nitrogen and oxygen atoms in total. The van der Waals surface area contributed by atoms with Crippen molar-refractivity contribution in [2.45, 2.75) is 52.1 Å². The Bertz CT molecular complexity index is 673. The Morgan fingerprint density at radius 3 is 2.62 bits per heavy atom. The molecule has 4 atom stereocenters. The highest BCUT2D eigenvalue weighted by atomic mass is 16.2. The Balaban J connectivity index is 1.71. The number of carbonyl (C=O) groups excluding carboxylic acids is 2. The Kier molecular flexibility index (Phi) is 5.66. The van der Waals surface area contributed by atoms with E-state index in [9.17, 15) is 9.59 Å². The molecule has 1 aromatic carbocycles. The first-order valence-corrected chi connectivity index (χ1v) is 9.77. The third-order valence-corrected chi connectivity index (χ3v) is 5.92. The van der Waals surface area contributed by atoms with Crippen molar-refractivity contribution < 1.29 is 9.59 Å². The third kappa shape index (κ3) is 3.93. The molecule has 0 spiro atoms. The lowest BCUT2D eigenvalue weighted by molar-refractivity contribution is -0.133. The van der Waals surface area contributed by atoms with E-state index < -0.39 is 6.04 Å². The monoisotopic (exact) mass is 357 g/mol. The molecule has 0 bridgehead atoms. The van der Waals surface area contributed by atoms with Crippen molar-refractivity contribution in [1.82, 2.24) is 10.2 Å². The Labute approximate surface area is 156 Å². The van der Waals surface area contributed by atoms with Gasteiger partial charge in [-0.3, -0.25) is 9.59 Å². The Morgan fingerprint density at radius 2 is 1.96 bits per heavy atom. The summed E-state index contributed by atoms with van der Waals surface area (Å²) in [6, 6.07) is 7.22. The second-order valence-corrected chi connectivity index (χ2v) is 8.38. The van der Waals surface area contributed by atoms with Gasteiger partial charge in [0.05, 0.1) is 0 Å². The van der Waals surface area contributed by atoms with Crippen molar-refractivity contribution in [3.05, 3.63) is 35.4 Å². The Morgan fingerprint density at radius 1 is 1.23 bits per heavy atom. The van der Waals surface area contributed by atoms with Crippen molar-refractivity contribution in [2.75, 3.05) is 13.1 Å². The number of amides is 2. The van der Waals surface area contributed by atoms with Gasteiger partial charge in [-0.15, -0.1) is 0 Å². The fourth-order valence-electron chi connectivity index (χ4n) is 4.46. The minimum Gasteiger partial charge on any atom is -0.340 e. The highest BCUT2D eigenvalue weighted by Gasteiger charge is 2.43. The van der Waals surface area contributed by atoms with Crippen LogP contribution in [0, 0.1) is 24.7 Å². The molecule has 1 saturated heterocycles. The molecule has 142 valence electrons. The zero-order valence-electron chi connectivity index (χ0n) is 16.1. The van der Waals surface area contributed by atoms with Crippen LogP contribution in [-0.4, -0.2) is 41.9 Å². The van der Waals surface area contributed by atoms with Gasteiger partial charge >= 0.3 is 0 Å². The van der Waals surface area contributed by atoms with Gasteiger partial charge in [-0.1, -0.05) is 32.0 Å². The number of benzene rings is 1. The van der Waals surface area contributed by atoms with Crippen LogP contribution in [0.25, 0.3) is 0 Å². The zero-order valence-corrected chi connectivity index (χ0v) is 16.1. The molecule has 2 fully saturated rings. The second-order valence-electron chi connectivity index (χ2n) is 8.38. The molecule has 5 heteroatoms. The van der Waals surface area contributed by atoms with Gasteiger partial charge in [0, 0.05) is 24.7 Å². The van der Waals surface area contributed by atoms with Crippen LogP contribution < -0.4 is 11.1 Å². The molecule has 3 N–H and O–H groups in total. The van der Waals surface area contributed by atoms with E-state index in [0.29, 0.717) is 29.7 Å². The van der Waals surface area contributed by atoms with Crippen molar-refractivity contribution >= 4 is 11.8 Å². The van der Waals surface area contributed by atoms with E-state index in [4.69, 9.17) is 5.73 Å². The number of aryl methyl sites for hydroxylation is 1. The maximum atomic E-state index is 13.1. The smallest absolute Gasteiger partial charge is 0.252 e. The lowest BCUT2D eigenvalue weighted by Gasteiger charge is -2.26. The molecule has 0 aromatic heterocycles. The van der Waals surface area contributed by atoms with Gasteiger partial charge < -0.3 is 16.0 Å². The topological polar surface area (TPSA) is 75.4 Å². The second kappa shape index (κ2) is 7.78. The highest BCUT2D eigenvalue weighted by molar-refractivity contribution is 5.98. The molecule has 2 amide bonds. The number of nitrogens with two attached hydrogens (primary N) is 1. The van der Waals surface area contributed by atoms with Crippen LogP contribution in [0.5, 0.6) is 0 Å². The van der Waals surface area contributed by atoms with Crippen molar-refractivity contribution in [3.63, 3.8) is 0 Å². The number of hydrogen-bond acceptors (Lipinski definition) is 3. The molecule has 1 aromatic rings. The number of rotatable bonds is 5. The molecule has 1 aliphatic heterocycles. The lowest BCUT2D eigenvalue weighted by Crippen LogP contribution is -2.49. The average molecular weight is 357 g/mol. The zero-order chi connectivity index (χ0) is 18.8. The minimum absolute atomic E-state index is 0.0437. The van der Waals surface area contributed by atoms with Gasteiger partial charge in [0.15, 0.2) is 0 Å². The first-order chi connectivity index (χ1) is 12.4. The number of hydrogen-bond donors (Lipinski definition) is 2. The summed E-state index contributed by atoms with van der Waals surface area (Å²) in [5, 5.41) is 3.00. The molecule has 1 saturated carbocycles. The standard InChI is InChI=1S/C21H31N3O2/c1-13(2)10-19(23-20(25)16-7-5-4-6-14(16)3)21(26)24-11-15-8-9-18(22)17(15)12-24/h4-7,13,15,17-19H,8-12,22H2,1-3H3,(H,23,25). The summed E-state index contributed by atoms with van der Waals surface area (Å²) in [5.74, 6) is 1.15. The minimum atomic E-state index is -0.475. The van der Waals surface area contributed by atoms with E-state index in [0.717, 1.165) is 31.5 Å². The fraction of sp³-hybridized carbons (Fsp3) is 0.619.